The van der Waals surface area contributed by atoms with Crippen LogP contribution in [0.1, 0.15) is 47.4 Å². The van der Waals surface area contributed by atoms with Gasteiger partial charge in [0.25, 0.3) is 11.8 Å². The molecule has 1 N–H and O–H groups in total. The Morgan fingerprint density at radius 1 is 1.10 bits per heavy atom. The highest BCUT2D eigenvalue weighted by atomic mass is 16.2. The van der Waals surface area contributed by atoms with Crippen molar-refractivity contribution >= 4 is 17.7 Å². The third-order valence-electron chi connectivity index (χ3n) is 3.87. The lowest BCUT2D eigenvalue weighted by Crippen LogP contribution is -2.39. The van der Waals surface area contributed by atoms with E-state index in [1.807, 2.05) is 13.8 Å². The molecule has 2 rings (SSSR count). The summed E-state index contributed by atoms with van der Waals surface area (Å²) in [6.07, 6.45) is 1.57. The Bertz CT molecular complexity index is 529. The van der Waals surface area contributed by atoms with Crippen LogP contribution in [-0.2, 0) is 4.79 Å². The zero-order chi connectivity index (χ0) is 15.4. The van der Waals surface area contributed by atoms with Gasteiger partial charge in [0.2, 0.25) is 5.91 Å². The second kappa shape index (κ2) is 6.52. The van der Waals surface area contributed by atoms with Crippen LogP contribution < -0.4 is 5.32 Å². The molecule has 3 amide bonds. The molecule has 1 heterocycles. The Labute approximate surface area is 124 Å². The average molecular weight is 288 g/mol. The summed E-state index contributed by atoms with van der Waals surface area (Å²) in [5, 5.41) is 2.79. The van der Waals surface area contributed by atoms with Crippen molar-refractivity contribution in [3.05, 3.63) is 35.4 Å². The van der Waals surface area contributed by atoms with E-state index < -0.39 is 0 Å². The maximum absolute atomic E-state index is 12.1. The smallest absolute Gasteiger partial charge is 0.261 e. The van der Waals surface area contributed by atoms with Crippen molar-refractivity contribution in [3.63, 3.8) is 0 Å². The van der Waals surface area contributed by atoms with Crippen LogP contribution in [0.3, 0.4) is 0 Å². The standard InChI is InChI=1S/C16H20N2O3/c1-3-11(4-2)14(19)17-9-10-18-15(20)12-7-5-6-8-13(12)16(18)21/h5-8,11H,3-4,9-10H2,1-2H3,(H,17,19). The number of rotatable bonds is 6. The molecule has 0 spiro atoms. The van der Waals surface area contributed by atoms with Gasteiger partial charge in [-0.3, -0.25) is 19.3 Å². The molecule has 0 saturated carbocycles. The summed E-state index contributed by atoms with van der Waals surface area (Å²) in [6, 6.07) is 6.78. The van der Waals surface area contributed by atoms with Crippen LogP contribution in [0, 0.1) is 5.92 Å². The number of hydrogen-bond acceptors (Lipinski definition) is 3. The fourth-order valence-electron chi connectivity index (χ4n) is 2.54. The van der Waals surface area contributed by atoms with Gasteiger partial charge in [0.1, 0.15) is 0 Å². The van der Waals surface area contributed by atoms with Gasteiger partial charge in [-0.25, -0.2) is 0 Å². The molecule has 0 aromatic heterocycles. The van der Waals surface area contributed by atoms with E-state index in [1.165, 1.54) is 4.90 Å². The number of nitrogens with zero attached hydrogens (tertiary/aromatic N) is 1. The normalized spacial score (nSPS) is 13.8. The lowest BCUT2D eigenvalue weighted by molar-refractivity contribution is -0.125. The maximum atomic E-state index is 12.1. The fourth-order valence-corrected chi connectivity index (χ4v) is 2.54. The molecule has 0 atom stereocenters. The maximum Gasteiger partial charge on any atom is 0.261 e. The third-order valence-corrected chi connectivity index (χ3v) is 3.87. The van der Waals surface area contributed by atoms with E-state index in [0.29, 0.717) is 17.7 Å². The topological polar surface area (TPSA) is 66.5 Å². The summed E-state index contributed by atoms with van der Waals surface area (Å²) in [5.41, 5.74) is 0.877. The predicted molar refractivity (Wildman–Crippen MR) is 78.9 cm³/mol. The van der Waals surface area contributed by atoms with Crippen LogP contribution in [0.25, 0.3) is 0 Å². The van der Waals surface area contributed by atoms with E-state index in [1.54, 1.807) is 24.3 Å². The van der Waals surface area contributed by atoms with Crippen molar-refractivity contribution in [2.24, 2.45) is 5.92 Å². The number of fused-ring (bicyclic) bond motifs is 1. The average Bonchev–Trinajstić information content (AvgIpc) is 2.74. The van der Waals surface area contributed by atoms with Gasteiger partial charge in [-0.1, -0.05) is 26.0 Å². The van der Waals surface area contributed by atoms with Crippen molar-refractivity contribution in [2.45, 2.75) is 26.7 Å². The third kappa shape index (κ3) is 2.96. The molecule has 1 aromatic rings. The molecule has 5 heteroatoms. The largest absolute Gasteiger partial charge is 0.354 e. The zero-order valence-electron chi connectivity index (χ0n) is 12.4. The molecule has 0 radical (unpaired) electrons. The van der Waals surface area contributed by atoms with Gasteiger partial charge in [0, 0.05) is 19.0 Å². The molecule has 0 saturated heterocycles. The minimum Gasteiger partial charge on any atom is -0.354 e. The summed E-state index contributed by atoms with van der Waals surface area (Å²) in [6.45, 7) is 4.44. The van der Waals surface area contributed by atoms with Crippen LogP contribution >= 0.6 is 0 Å². The second-order valence-electron chi connectivity index (χ2n) is 5.11. The van der Waals surface area contributed by atoms with Gasteiger partial charge in [0.05, 0.1) is 11.1 Å². The number of amides is 3. The minimum absolute atomic E-state index is 0.00724. The Balaban J connectivity index is 1.93. The van der Waals surface area contributed by atoms with Crippen LogP contribution in [0.2, 0.25) is 0 Å². The molecule has 1 aliphatic rings. The van der Waals surface area contributed by atoms with Gasteiger partial charge in [-0.15, -0.1) is 0 Å². The minimum atomic E-state index is -0.285. The summed E-state index contributed by atoms with van der Waals surface area (Å²) in [4.78, 5) is 37.3. The molecule has 1 aliphatic heterocycles. The molecule has 0 aliphatic carbocycles. The summed E-state index contributed by atoms with van der Waals surface area (Å²) >= 11 is 0. The number of imide groups is 1. The molecule has 112 valence electrons. The molecule has 1 aromatic carbocycles. The zero-order valence-corrected chi connectivity index (χ0v) is 12.4. The molecule has 0 unspecified atom stereocenters. The highest BCUT2D eigenvalue weighted by molar-refractivity contribution is 6.21. The van der Waals surface area contributed by atoms with Gasteiger partial charge in [0.15, 0.2) is 0 Å². The molecular formula is C16H20N2O3. The predicted octanol–water partition coefficient (Wildman–Crippen LogP) is 1.83. The second-order valence-corrected chi connectivity index (χ2v) is 5.11. The summed E-state index contributed by atoms with van der Waals surface area (Å²) in [5.74, 6) is -0.594. The SMILES string of the molecule is CCC(CC)C(=O)NCCN1C(=O)c2ccccc2C1=O. The first-order valence-corrected chi connectivity index (χ1v) is 7.33. The van der Waals surface area contributed by atoms with E-state index in [2.05, 4.69) is 5.32 Å². The quantitative estimate of drug-likeness (QED) is 0.812. The summed E-state index contributed by atoms with van der Waals surface area (Å²) in [7, 11) is 0. The number of benzene rings is 1. The molecular weight excluding hydrogens is 268 g/mol. The van der Waals surface area contributed by atoms with Crippen molar-refractivity contribution in [1.82, 2.24) is 10.2 Å². The Morgan fingerprint density at radius 3 is 2.10 bits per heavy atom. The fraction of sp³-hybridized carbons (Fsp3) is 0.438. The van der Waals surface area contributed by atoms with Crippen molar-refractivity contribution in [3.8, 4) is 0 Å². The van der Waals surface area contributed by atoms with E-state index in [0.717, 1.165) is 12.8 Å². The molecule has 0 fully saturated rings. The van der Waals surface area contributed by atoms with Gasteiger partial charge in [-0.05, 0) is 25.0 Å². The van der Waals surface area contributed by atoms with Crippen molar-refractivity contribution in [2.75, 3.05) is 13.1 Å². The molecule has 21 heavy (non-hydrogen) atoms. The monoisotopic (exact) mass is 288 g/mol. The van der Waals surface area contributed by atoms with E-state index in [4.69, 9.17) is 0 Å². The lowest BCUT2D eigenvalue weighted by Gasteiger charge is -2.16. The Hall–Kier alpha value is -2.17. The van der Waals surface area contributed by atoms with Crippen LogP contribution in [0.4, 0.5) is 0 Å². The molecule has 5 nitrogen and oxygen atoms in total. The highest BCUT2D eigenvalue weighted by Gasteiger charge is 2.34. The van der Waals surface area contributed by atoms with Crippen molar-refractivity contribution < 1.29 is 14.4 Å². The van der Waals surface area contributed by atoms with Gasteiger partial charge >= 0.3 is 0 Å². The van der Waals surface area contributed by atoms with Crippen LogP contribution in [0.5, 0.6) is 0 Å². The first kappa shape index (κ1) is 15.2. The van der Waals surface area contributed by atoms with E-state index in [-0.39, 0.29) is 30.2 Å². The van der Waals surface area contributed by atoms with Crippen molar-refractivity contribution in [1.29, 1.82) is 0 Å². The highest BCUT2D eigenvalue weighted by Crippen LogP contribution is 2.21. The van der Waals surface area contributed by atoms with Gasteiger partial charge in [-0.2, -0.15) is 0 Å². The first-order chi connectivity index (χ1) is 10.1. The van der Waals surface area contributed by atoms with Crippen LogP contribution in [-0.4, -0.2) is 35.7 Å². The van der Waals surface area contributed by atoms with Gasteiger partial charge < -0.3 is 5.32 Å². The Morgan fingerprint density at radius 2 is 1.62 bits per heavy atom. The first-order valence-electron chi connectivity index (χ1n) is 7.33. The van der Waals surface area contributed by atoms with E-state index in [9.17, 15) is 14.4 Å². The van der Waals surface area contributed by atoms with E-state index >= 15 is 0 Å². The molecule has 0 bridgehead atoms. The number of nitrogens with one attached hydrogen (secondary N) is 1. The number of carbonyl (C=O) groups is 3. The van der Waals surface area contributed by atoms with Crippen LogP contribution in [0.15, 0.2) is 24.3 Å². The summed E-state index contributed by atoms with van der Waals surface area (Å²) < 4.78 is 0. The Kier molecular flexibility index (Phi) is 4.73. The number of carbonyl (C=O) groups excluding carboxylic acids is 3. The number of hydrogen-bond donors (Lipinski definition) is 1. The lowest BCUT2D eigenvalue weighted by atomic mass is 10.0.